The van der Waals surface area contributed by atoms with Gasteiger partial charge in [0.15, 0.2) is 6.04 Å². The lowest BCUT2D eigenvalue weighted by atomic mass is 10.0. The van der Waals surface area contributed by atoms with Crippen LogP contribution in [0.5, 0.6) is 0 Å². The Labute approximate surface area is 211 Å². The zero-order chi connectivity index (χ0) is 26.1. The predicted molar refractivity (Wildman–Crippen MR) is 134 cm³/mol. The van der Waals surface area contributed by atoms with E-state index < -0.39 is 23.8 Å². The fourth-order valence-corrected chi connectivity index (χ4v) is 3.98. The van der Waals surface area contributed by atoms with E-state index in [0.717, 1.165) is 55.3 Å². The molecule has 0 spiro atoms. The van der Waals surface area contributed by atoms with E-state index in [1.165, 1.54) is 30.7 Å². The van der Waals surface area contributed by atoms with Gasteiger partial charge in [0.2, 0.25) is 0 Å². The van der Waals surface area contributed by atoms with Crippen molar-refractivity contribution in [1.29, 1.82) is 0 Å². The number of hydrogen-bond donors (Lipinski definition) is 3. The molecule has 1 unspecified atom stereocenters. The van der Waals surface area contributed by atoms with Gasteiger partial charge in [0, 0.05) is 57.0 Å². The quantitative estimate of drug-likeness (QED) is 0.243. The number of amides is 3. The molecule has 1 atom stereocenters. The number of ether oxygens (including phenoxy) is 1. The first kappa shape index (κ1) is 26.9. The van der Waals surface area contributed by atoms with E-state index in [4.69, 9.17) is 9.94 Å². The minimum Gasteiger partial charge on any atom is -0.380 e. The summed E-state index contributed by atoms with van der Waals surface area (Å²) < 4.78 is 5.53. The van der Waals surface area contributed by atoms with Gasteiger partial charge in [0.25, 0.3) is 17.7 Å². The molecule has 3 N–H and O–H groups in total. The smallest absolute Gasteiger partial charge is 0.275 e. The third kappa shape index (κ3) is 6.92. The molecule has 1 saturated heterocycles. The third-order valence-corrected chi connectivity index (χ3v) is 6.10. The lowest BCUT2D eigenvalue weighted by Crippen LogP contribution is -2.54. The van der Waals surface area contributed by atoms with Crippen molar-refractivity contribution in [3.8, 4) is 11.8 Å². The summed E-state index contributed by atoms with van der Waals surface area (Å²) in [6.45, 7) is 6.57. The SMILES string of the molecule is CNC(=O)C(C(=O)NO)N(C)C(=O)c1ccc(C#Cc2ccc(CN3CCCOCC3)c(C)c2)cc1. The lowest BCUT2D eigenvalue weighted by Gasteiger charge is -2.25. The molecular weight excluding hydrogens is 460 g/mol. The molecule has 1 fully saturated rings. The van der Waals surface area contributed by atoms with Crippen molar-refractivity contribution >= 4 is 17.7 Å². The van der Waals surface area contributed by atoms with Crippen LogP contribution in [0.1, 0.15) is 39.0 Å². The Morgan fingerprint density at radius 2 is 1.75 bits per heavy atom. The summed E-state index contributed by atoms with van der Waals surface area (Å²) in [4.78, 5) is 40.1. The van der Waals surface area contributed by atoms with Gasteiger partial charge in [-0.25, -0.2) is 5.48 Å². The molecule has 36 heavy (non-hydrogen) atoms. The van der Waals surface area contributed by atoms with E-state index in [1.54, 1.807) is 24.3 Å². The summed E-state index contributed by atoms with van der Waals surface area (Å²) in [7, 11) is 2.66. The van der Waals surface area contributed by atoms with Crippen LogP contribution < -0.4 is 10.8 Å². The Morgan fingerprint density at radius 1 is 1.06 bits per heavy atom. The summed E-state index contributed by atoms with van der Waals surface area (Å²) in [6.07, 6.45) is 1.05. The van der Waals surface area contributed by atoms with Crippen molar-refractivity contribution in [1.82, 2.24) is 20.6 Å². The van der Waals surface area contributed by atoms with E-state index in [-0.39, 0.29) is 5.56 Å². The Kier molecular flexibility index (Phi) is 9.59. The number of nitrogens with zero attached hydrogens (tertiary/aromatic N) is 2. The number of hydrogen-bond acceptors (Lipinski definition) is 6. The van der Waals surface area contributed by atoms with Gasteiger partial charge >= 0.3 is 0 Å². The molecule has 1 heterocycles. The first-order chi connectivity index (χ1) is 17.3. The molecule has 3 amide bonds. The first-order valence-corrected chi connectivity index (χ1v) is 11.8. The highest BCUT2D eigenvalue weighted by molar-refractivity contribution is 6.08. The molecule has 1 aliphatic rings. The van der Waals surface area contributed by atoms with Crippen molar-refractivity contribution in [2.45, 2.75) is 25.9 Å². The van der Waals surface area contributed by atoms with Crippen molar-refractivity contribution in [3.05, 3.63) is 70.3 Å². The van der Waals surface area contributed by atoms with Crippen LogP contribution in [-0.4, -0.2) is 79.2 Å². The molecule has 0 bridgehead atoms. The Bertz CT molecular complexity index is 1130. The number of likely N-dealkylation sites (N-methyl/N-ethyl adjacent to an activating group) is 2. The predicted octanol–water partition coefficient (Wildman–Crippen LogP) is 1.31. The second-order valence-corrected chi connectivity index (χ2v) is 8.62. The first-order valence-electron chi connectivity index (χ1n) is 11.8. The summed E-state index contributed by atoms with van der Waals surface area (Å²) in [5.41, 5.74) is 5.79. The van der Waals surface area contributed by atoms with E-state index in [0.29, 0.717) is 0 Å². The van der Waals surface area contributed by atoms with Crippen LogP contribution >= 0.6 is 0 Å². The fourth-order valence-electron chi connectivity index (χ4n) is 3.98. The largest absolute Gasteiger partial charge is 0.380 e. The van der Waals surface area contributed by atoms with Gasteiger partial charge < -0.3 is 15.0 Å². The Morgan fingerprint density at radius 3 is 2.42 bits per heavy atom. The normalized spacial score (nSPS) is 14.6. The summed E-state index contributed by atoms with van der Waals surface area (Å²) >= 11 is 0. The molecule has 1 aliphatic heterocycles. The maximum absolute atomic E-state index is 12.8. The average Bonchev–Trinajstić information content (AvgIpc) is 3.17. The number of benzene rings is 2. The molecule has 0 aliphatic carbocycles. The fraction of sp³-hybridized carbons (Fsp3) is 0.370. The van der Waals surface area contributed by atoms with Crippen LogP contribution in [0.4, 0.5) is 0 Å². The van der Waals surface area contributed by atoms with E-state index in [1.807, 2.05) is 6.07 Å². The Balaban J connectivity index is 1.67. The average molecular weight is 493 g/mol. The molecular formula is C27H32N4O5. The summed E-state index contributed by atoms with van der Waals surface area (Å²) in [5, 5.41) is 11.2. The highest BCUT2D eigenvalue weighted by Gasteiger charge is 2.33. The van der Waals surface area contributed by atoms with Gasteiger partial charge in [-0.3, -0.25) is 24.5 Å². The van der Waals surface area contributed by atoms with Crippen molar-refractivity contribution in [3.63, 3.8) is 0 Å². The molecule has 0 radical (unpaired) electrons. The minimum absolute atomic E-state index is 0.279. The number of carbonyl (C=O) groups excluding carboxylic acids is 3. The van der Waals surface area contributed by atoms with Gasteiger partial charge in [-0.2, -0.15) is 0 Å². The number of carbonyl (C=O) groups is 3. The van der Waals surface area contributed by atoms with E-state index in [2.05, 4.69) is 41.1 Å². The molecule has 9 nitrogen and oxygen atoms in total. The molecule has 9 heteroatoms. The summed E-state index contributed by atoms with van der Waals surface area (Å²) in [5.74, 6) is 4.00. The van der Waals surface area contributed by atoms with Crippen LogP contribution in [0.3, 0.4) is 0 Å². The maximum Gasteiger partial charge on any atom is 0.275 e. The lowest BCUT2D eigenvalue weighted by molar-refractivity contribution is -0.140. The van der Waals surface area contributed by atoms with E-state index >= 15 is 0 Å². The number of aryl methyl sites for hydroxylation is 1. The monoisotopic (exact) mass is 492 g/mol. The van der Waals surface area contributed by atoms with Crippen molar-refractivity contribution in [2.24, 2.45) is 0 Å². The second-order valence-electron chi connectivity index (χ2n) is 8.62. The topological polar surface area (TPSA) is 111 Å². The summed E-state index contributed by atoms with van der Waals surface area (Å²) in [6, 6.07) is 11.3. The Hall–Kier alpha value is -3.71. The van der Waals surface area contributed by atoms with Gasteiger partial charge in [-0.15, -0.1) is 0 Å². The molecule has 0 aromatic heterocycles. The molecule has 2 aromatic rings. The molecule has 0 saturated carbocycles. The highest BCUT2D eigenvalue weighted by atomic mass is 16.5. The molecule has 2 aromatic carbocycles. The van der Waals surface area contributed by atoms with Crippen LogP contribution in [0, 0.1) is 18.8 Å². The molecule has 190 valence electrons. The van der Waals surface area contributed by atoms with Crippen LogP contribution in [0.25, 0.3) is 0 Å². The van der Waals surface area contributed by atoms with Gasteiger partial charge in [-0.1, -0.05) is 17.9 Å². The maximum atomic E-state index is 12.8. The van der Waals surface area contributed by atoms with Gasteiger partial charge in [0.05, 0.1) is 6.61 Å². The highest BCUT2D eigenvalue weighted by Crippen LogP contribution is 2.15. The van der Waals surface area contributed by atoms with Crippen molar-refractivity contribution < 1.29 is 24.3 Å². The van der Waals surface area contributed by atoms with Crippen LogP contribution in [-0.2, 0) is 20.9 Å². The standard InChI is InChI=1S/C27H32N4O5/c1-19-17-21(9-12-23(19)18-31-13-4-15-36-16-14-31)6-5-20-7-10-22(11-8-20)27(34)30(3)24(25(32)28-2)26(33)29-35/h7-12,17,24,35H,4,13-16,18H2,1-3H3,(H,28,32)(H,29,33). The number of rotatable bonds is 6. The number of hydroxylamine groups is 1. The second kappa shape index (κ2) is 12.8. The van der Waals surface area contributed by atoms with Crippen LogP contribution in [0.2, 0.25) is 0 Å². The van der Waals surface area contributed by atoms with Crippen molar-refractivity contribution in [2.75, 3.05) is 40.4 Å². The van der Waals surface area contributed by atoms with Crippen LogP contribution in [0.15, 0.2) is 42.5 Å². The number of nitrogens with one attached hydrogen (secondary N) is 2. The van der Waals surface area contributed by atoms with E-state index in [9.17, 15) is 14.4 Å². The zero-order valence-electron chi connectivity index (χ0n) is 20.8. The third-order valence-electron chi connectivity index (χ3n) is 6.10. The van der Waals surface area contributed by atoms with Gasteiger partial charge in [0.1, 0.15) is 0 Å². The minimum atomic E-state index is -1.51. The van der Waals surface area contributed by atoms with Gasteiger partial charge in [-0.05, 0) is 60.9 Å². The zero-order valence-corrected chi connectivity index (χ0v) is 20.8. The molecule has 3 rings (SSSR count).